The Balaban J connectivity index is 1.75. The molecule has 0 bridgehead atoms. The van der Waals surface area contributed by atoms with Crippen LogP contribution in [0.15, 0.2) is 30.5 Å². The third kappa shape index (κ3) is 4.73. The summed E-state index contributed by atoms with van der Waals surface area (Å²) in [6.45, 7) is 3.40. The minimum Gasteiger partial charge on any atom is -0.363 e. The number of nitro groups is 1. The number of halogens is 3. The number of fused-ring (bicyclic) bond motifs is 1. The van der Waals surface area contributed by atoms with Gasteiger partial charge in [-0.15, -0.1) is 0 Å². The van der Waals surface area contributed by atoms with Crippen molar-refractivity contribution in [3.8, 4) is 0 Å². The first-order valence-electron chi connectivity index (χ1n) is 10.4. The van der Waals surface area contributed by atoms with Gasteiger partial charge in [-0.1, -0.05) is 0 Å². The van der Waals surface area contributed by atoms with Crippen molar-refractivity contribution in [3.05, 3.63) is 51.7 Å². The summed E-state index contributed by atoms with van der Waals surface area (Å²) >= 11 is 0. The molecule has 1 fully saturated rings. The predicted molar refractivity (Wildman–Crippen MR) is 118 cm³/mol. The van der Waals surface area contributed by atoms with Crippen LogP contribution in [0.2, 0.25) is 0 Å². The van der Waals surface area contributed by atoms with Gasteiger partial charge in [-0.05, 0) is 37.5 Å². The summed E-state index contributed by atoms with van der Waals surface area (Å²) in [5.74, 6) is 1.47. The predicted octanol–water partition coefficient (Wildman–Crippen LogP) is 4.77. The van der Waals surface area contributed by atoms with Crippen molar-refractivity contribution in [2.24, 2.45) is 0 Å². The lowest BCUT2D eigenvalue weighted by Crippen LogP contribution is -2.19. The molecule has 1 aliphatic heterocycles. The average Bonchev–Trinajstić information content (AvgIpc) is 3.32. The highest BCUT2D eigenvalue weighted by molar-refractivity contribution is 5.91. The number of nitro benzene ring substituents is 1. The number of rotatable bonds is 6. The molecule has 0 radical (unpaired) electrons. The van der Waals surface area contributed by atoms with Crippen molar-refractivity contribution in [2.45, 2.75) is 32.0 Å². The van der Waals surface area contributed by atoms with Gasteiger partial charge in [0, 0.05) is 37.7 Å². The maximum atomic E-state index is 13.3. The van der Waals surface area contributed by atoms with Gasteiger partial charge >= 0.3 is 6.18 Å². The molecular weight excluding hydrogens is 439 g/mol. The highest BCUT2D eigenvalue weighted by Crippen LogP contribution is 2.35. The van der Waals surface area contributed by atoms with Gasteiger partial charge in [0.15, 0.2) is 0 Å². The molecule has 1 unspecified atom stereocenters. The number of pyridine rings is 1. The maximum absolute atomic E-state index is 13.3. The van der Waals surface area contributed by atoms with E-state index in [0.717, 1.165) is 43.9 Å². The van der Waals surface area contributed by atoms with Crippen molar-refractivity contribution in [3.63, 3.8) is 0 Å². The third-order valence-corrected chi connectivity index (χ3v) is 5.55. The Hall–Kier alpha value is -3.70. The zero-order valence-corrected chi connectivity index (χ0v) is 18.0. The van der Waals surface area contributed by atoms with Crippen molar-refractivity contribution in [2.75, 3.05) is 35.7 Å². The van der Waals surface area contributed by atoms with E-state index in [2.05, 4.69) is 30.5 Å². The van der Waals surface area contributed by atoms with Crippen LogP contribution in [0, 0.1) is 10.1 Å². The Bertz CT molecular complexity index is 1200. The summed E-state index contributed by atoms with van der Waals surface area (Å²) in [6, 6.07) is 3.71. The second-order valence-corrected chi connectivity index (χ2v) is 7.83. The van der Waals surface area contributed by atoms with Gasteiger partial charge in [-0.25, -0.2) is 9.97 Å². The first kappa shape index (κ1) is 22.5. The highest BCUT2D eigenvalue weighted by Gasteiger charge is 2.33. The van der Waals surface area contributed by atoms with E-state index in [4.69, 9.17) is 0 Å². The number of non-ortho nitro benzene ring substituents is 1. The summed E-state index contributed by atoms with van der Waals surface area (Å²) in [4.78, 5) is 25.9. The standard InChI is InChI=1S/C21H22F3N7O2/c1-12(13-7-14(21(22,23)24)9-15(8-13)31(32)33)27-19-16-10-18(30-5-3-4-6-30)26-11-17(16)28-20(25-2)29-19/h7-12H,3-6H2,1-2H3,(H2,25,27,28,29). The van der Waals surface area contributed by atoms with Gasteiger partial charge in [-0.3, -0.25) is 10.1 Å². The molecular formula is C21H22F3N7O2. The lowest BCUT2D eigenvalue weighted by Gasteiger charge is -2.20. The zero-order chi connectivity index (χ0) is 23.8. The number of aromatic nitrogens is 3. The van der Waals surface area contributed by atoms with Crippen LogP contribution in [-0.4, -0.2) is 40.0 Å². The van der Waals surface area contributed by atoms with Crippen LogP contribution in [0.25, 0.3) is 10.9 Å². The van der Waals surface area contributed by atoms with Crippen LogP contribution in [-0.2, 0) is 6.18 Å². The summed E-state index contributed by atoms with van der Waals surface area (Å²) in [5, 5.41) is 17.8. The molecule has 33 heavy (non-hydrogen) atoms. The molecule has 3 heterocycles. The van der Waals surface area contributed by atoms with Gasteiger partial charge in [0.05, 0.1) is 28.2 Å². The van der Waals surface area contributed by atoms with Gasteiger partial charge in [0.2, 0.25) is 5.95 Å². The van der Waals surface area contributed by atoms with Crippen molar-refractivity contribution < 1.29 is 18.1 Å². The van der Waals surface area contributed by atoms with Gasteiger partial charge in [0.25, 0.3) is 5.69 Å². The molecule has 1 saturated heterocycles. The Morgan fingerprint density at radius 3 is 2.52 bits per heavy atom. The monoisotopic (exact) mass is 461 g/mol. The molecule has 1 atom stereocenters. The molecule has 1 aliphatic rings. The van der Waals surface area contributed by atoms with Crippen LogP contribution in [0.5, 0.6) is 0 Å². The molecule has 0 amide bonds. The smallest absolute Gasteiger partial charge is 0.363 e. The van der Waals surface area contributed by atoms with Crippen LogP contribution in [0.1, 0.15) is 36.9 Å². The molecule has 0 aliphatic carbocycles. The van der Waals surface area contributed by atoms with Gasteiger partial charge in [-0.2, -0.15) is 18.2 Å². The van der Waals surface area contributed by atoms with Gasteiger partial charge < -0.3 is 15.5 Å². The quantitative estimate of drug-likeness (QED) is 0.399. The molecule has 4 rings (SSSR count). The second-order valence-electron chi connectivity index (χ2n) is 7.83. The van der Waals surface area contributed by atoms with Crippen LogP contribution in [0.3, 0.4) is 0 Å². The normalized spacial score (nSPS) is 15.0. The number of hydrogen-bond acceptors (Lipinski definition) is 8. The molecule has 3 aromatic rings. The molecule has 0 saturated carbocycles. The van der Waals surface area contributed by atoms with Crippen molar-refractivity contribution in [1.82, 2.24) is 15.0 Å². The van der Waals surface area contributed by atoms with E-state index < -0.39 is 28.4 Å². The fraction of sp³-hybridized carbons (Fsp3) is 0.381. The molecule has 1 aromatic carbocycles. The minimum absolute atomic E-state index is 0.114. The molecule has 12 heteroatoms. The fourth-order valence-electron chi connectivity index (χ4n) is 3.80. The molecule has 9 nitrogen and oxygen atoms in total. The maximum Gasteiger partial charge on any atom is 0.416 e. The average molecular weight is 461 g/mol. The summed E-state index contributed by atoms with van der Waals surface area (Å²) in [5.41, 5.74) is -1.04. The topological polar surface area (TPSA) is 109 Å². The Kier molecular flexibility index (Phi) is 5.91. The SMILES string of the molecule is CNc1nc(NC(C)c2cc([N+](=O)[O-])cc(C(F)(F)F)c2)c2cc(N3CCCC3)ncc2n1. The minimum atomic E-state index is -4.71. The van der Waals surface area contributed by atoms with E-state index in [1.807, 2.05) is 6.07 Å². The zero-order valence-electron chi connectivity index (χ0n) is 18.0. The van der Waals surface area contributed by atoms with Crippen LogP contribution in [0.4, 0.5) is 36.4 Å². The van der Waals surface area contributed by atoms with Crippen LogP contribution < -0.4 is 15.5 Å². The molecule has 0 spiro atoms. The molecule has 174 valence electrons. The lowest BCUT2D eigenvalue weighted by atomic mass is 10.0. The summed E-state index contributed by atoms with van der Waals surface area (Å²) < 4.78 is 40.0. The number of nitrogens with one attached hydrogen (secondary N) is 2. The molecule has 2 aromatic heterocycles. The fourth-order valence-corrected chi connectivity index (χ4v) is 3.80. The number of alkyl halides is 3. The van der Waals surface area contributed by atoms with E-state index in [0.29, 0.717) is 28.7 Å². The number of hydrogen-bond donors (Lipinski definition) is 2. The van der Waals surface area contributed by atoms with E-state index in [1.165, 1.54) is 0 Å². The van der Waals surface area contributed by atoms with E-state index in [1.54, 1.807) is 20.2 Å². The van der Waals surface area contributed by atoms with E-state index in [9.17, 15) is 23.3 Å². The number of anilines is 3. The number of benzene rings is 1. The number of nitrogens with zero attached hydrogens (tertiary/aromatic N) is 5. The Morgan fingerprint density at radius 2 is 1.88 bits per heavy atom. The van der Waals surface area contributed by atoms with Gasteiger partial charge in [0.1, 0.15) is 11.6 Å². The lowest BCUT2D eigenvalue weighted by molar-refractivity contribution is -0.385. The Labute approximate surface area is 187 Å². The van der Waals surface area contributed by atoms with E-state index in [-0.39, 0.29) is 5.56 Å². The Morgan fingerprint density at radius 1 is 1.15 bits per heavy atom. The van der Waals surface area contributed by atoms with Crippen molar-refractivity contribution in [1.29, 1.82) is 0 Å². The largest absolute Gasteiger partial charge is 0.416 e. The van der Waals surface area contributed by atoms with E-state index >= 15 is 0 Å². The highest BCUT2D eigenvalue weighted by atomic mass is 19.4. The van der Waals surface area contributed by atoms with Crippen LogP contribution >= 0.6 is 0 Å². The second kappa shape index (κ2) is 8.68. The summed E-state index contributed by atoms with van der Waals surface area (Å²) in [6.07, 6.45) is -0.926. The van der Waals surface area contributed by atoms with Crippen molar-refractivity contribution >= 4 is 34.2 Å². The first-order chi connectivity index (χ1) is 15.7. The first-order valence-corrected chi connectivity index (χ1v) is 10.4. The molecule has 2 N–H and O–H groups in total. The third-order valence-electron chi connectivity index (χ3n) is 5.55. The summed E-state index contributed by atoms with van der Waals surface area (Å²) in [7, 11) is 1.65.